The number of allylic oxidation sites excluding steroid dienone is 1. The van der Waals surface area contributed by atoms with Crippen LogP contribution in [0.2, 0.25) is 0 Å². The minimum absolute atomic E-state index is 0.0200. The maximum absolute atomic E-state index is 12.0. The molecule has 2 rings (SSSR count). The highest BCUT2D eigenvalue weighted by molar-refractivity contribution is 5.90. The summed E-state index contributed by atoms with van der Waals surface area (Å²) in [5.41, 5.74) is -0.224. The second kappa shape index (κ2) is 7.24. The number of aliphatic hydroxyl groups is 2. The molecule has 0 radical (unpaired) electrons. The first-order valence-electron chi connectivity index (χ1n) is 8.84. The second-order valence-corrected chi connectivity index (χ2v) is 7.77. The first-order chi connectivity index (χ1) is 11.1. The summed E-state index contributed by atoms with van der Waals surface area (Å²) in [6, 6.07) is 0. The number of carbonyl (C=O) groups is 1. The molecule has 4 nitrogen and oxygen atoms in total. The molecule has 0 saturated carbocycles. The van der Waals surface area contributed by atoms with Gasteiger partial charge in [-0.15, -0.1) is 0 Å². The zero-order valence-corrected chi connectivity index (χ0v) is 15.2. The number of rotatable bonds is 1. The molecule has 134 valence electrons. The third-order valence-corrected chi connectivity index (χ3v) is 5.10. The SMILES string of the molecule is CC1=CCC[C@@](C)(O)C=C[C@](O)(C(C)C)CCC2=C[C@H](C1)OC2=O. The standard InChI is InChI=1S/C20H30O4/c1-14(2)20(23)9-7-16-13-17(24-18(16)21)12-15(3)6-5-8-19(4,22)10-11-20/h6,10-11,13-14,17,22-23H,5,7-9,12H2,1-4H3/t17-,19+,20-/m0/s1. The molecule has 3 atom stereocenters. The summed E-state index contributed by atoms with van der Waals surface area (Å²) in [6.45, 7) is 7.67. The largest absolute Gasteiger partial charge is 0.454 e. The Labute approximate surface area is 144 Å². The molecule has 2 aliphatic rings. The smallest absolute Gasteiger partial charge is 0.334 e. The molecule has 2 N–H and O–H groups in total. The summed E-state index contributed by atoms with van der Waals surface area (Å²) in [5, 5.41) is 21.5. The summed E-state index contributed by atoms with van der Waals surface area (Å²) in [5.74, 6) is -0.293. The van der Waals surface area contributed by atoms with Crippen LogP contribution in [0.4, 0.5) is 0 Å². The van der Waals surface area contributed by atoms with Gasteiger partial charge in [0.25, 0.3) is 0 Å². The summed E-state index contributed by atoms with van der Waals surface area (Å²) in [7, 11) is 0. The third-order valence-electron chi connectivity index (χ3n) is 5.10. The van der Waals surface area contributed by atoms with E-state index in [1.807, 2.05) is 26.8 Å². The lowest BCUT2D eigenvalue weighted by atomic mass is 9.82. The summed E-state index contributed by atoms with van der Waals surface area (Å²) >= 11 is 0. The van der Waals surface area contributed by atoms with Crippen molar-refractivity contribution in [2.75, 3.05) is 0 Å². The Balaban J connectivity index is 2.30. The van der Waals surface area contributed by atoms with Crippen LogP contribution in [0, 0.1) is 5.92 Å². The van der Waals surface area contributed by atoms with E-state index in [2.05, 4.69) is 6.08 Å². The van der Waals surface area contributed by atoms with Gasteiger partial charge in [0.1, 0.15) is 6.10 Å². The number of ether oxygens (including phenoxy) is 1. The number of hydrogen-bond acceptors (Lipinski definition) is 4. The van der Waals surface area contributed by atoms with Gasteiger partial charge < -0.3 is 14.9 Å². The van der Waals surface area contributed by atoms with E-state index in [1.54, 1.807) is 19.1 Å². The first-order valence-corrected chi connectivity index (χ1v) is 8.84. The van der Waals surface area contributed by atoms with Gasteiger partial charge in [-0.2, -0.15) is 0 Å². The molecule has 0 aromatic rings. The predicted molar refractivity (Wildman–Crippen MR) is 94.4 cm³/mol. The van der Waals surface area contributed by atoms with E-state index in [-0.39, 0.29) is 18.0 Å². The second-order valence-electron chi connectivity index (χ2n) is 7.77. The van der Waals surface area contributed by atoms with Crippen LogP contribution < -0.4 is 0 Å². The van der Waals surface area contributed by atoms with Crippen molar-refractivity contribution >= 4 is 5.97 Å². The predicted octanol–water partition coefficient (Wildman–Crippen LogP) is 3.44. The van der Waals surface area contributed by atoms with Crippen molar-refractivity contribution in [1.29, 1.82) is 0 Å². The third kappa shape index (κ3) is 4.81. The van der Waals surface area contributed by atoms with Gasteiger partial charge in [0, 0.05) is 12.0 Å². The van der Waals surface area contributed by atoms with Crippen molar-refractivity contribution in [2.24, 2.45) is 5.92 Å². The molecule has 1 heterocycles. The van der Waals surface area contributed by atoms with Gasteiger partial charge in [-0.25, -0.2) is 4.79 Å². The van der Waals surface area contributed by atoms with Crippen molar-refractivity contribution in [3.63, 3.8) is 0 Å². The average Bonchev–Trinajstić information content (AvgIpc) is 2.81. The first kappa shape index (κ1) is 18.9. The monoisotopic (exact) mass is 334 g/mol. The van der Waals surface area contributed by atoms with E-state index in [0.717, 1.165) is 12.0 Å². The van der Waals surface area contributed by atoms with Crippen molar-refractivity contribution < 1.29 is 19.7 Å². The highest BCUT2D eigenvalue weighted by Gasteiger charge is 2.32. The van der Waals surface area contributed by atoms with Gasteiger partial charge in [-0.1, -0.05) is 37.6 Å². The Morgan fingerprint density at radius 1 is 1.25 bits per heavy atom. The van der Waals surface area contributed by atoms with E-state index in [0.29, 0.717) is 31.3 Å². The fourth-order valence-electron chi connectivity index (χ4n) is 3.14. The van der Waals surface area contributed by atoms with Crippen LogP contribution in [0.25, 0.3) is 0 Å². The highest BCUT2D eigenvalue weighted by Crippen LogP contribution is 2.31. The van der Waals surface area contributed by atoms with Gasteiger partial charge in [0.05, 0.1) is 11.2 Å². The number of esters is 1. The van der Waals surface area contributed by atoms with Crippen LogP contribution in [0.5, 0.6) is 0 Å². The lowest BCUT2D eigenvalue weighted by Gasteiger charge is -2.30. The Hall–Kier alpha value is -1.39. The molecule has 0 unspecified atom stereocenters. The molecule has 1 aliphatic carbocycles. The summed E-state index contributed by atoms with van der Waals surface area (Å²) < 4.78 is 5.42. The molecular formula is C20H30O4. The molecule has 24 heavy (non-hydrogen) atoms. The van der Waals surface area contributed by atoms with E-state index >= 15 is 0 Å². The van der Waals surface area contributed by atoms with Gasteiger partial charge >= 0.3 is 5.97 Å². The normalized spacial score (nSPS) is 35.3. The van der Waals surface area contributed by atoms with Crippen LogP contribution in [0.3, 0.4) is 0 Å². The molecule has 0 aromatic carbocycles. The zero-order valence-electron chi connectivity index (χ0n) is 15.2. The fourth-order valence-corrected chi connectivity index (χ4v) is 3.14. The molecule has 0 amide bonds. The lowest BCUT2D eigenvalue weighted by Crippen LogP contribution is -2.34. The van der Waals surface area contributed by atoms with Crippen LogP contribution in [-0.2, 0) is 9.53 Å². The molecule has 0 aromatic heterocycles. The van der Waals surface area contributed by atoms with E-state index < -0.39 is 11.2 Å². The van der Waals surface area contributed by atoms with E-state index in [4.69, 9.17) is 4.74 Å². The Morgan fingerprint density at radius 3 is 2.62 bits per heavy atom. The maximum atomic E-state index is 12.0. The zero-order chi connectivity index (χ0) is 18.0. The number of fused-ring (bicyclic) bond motifs is 1. The van der Waals surface area contributed by atoms with E-state index in [1.165, 1.54) is 0 Å². The quantitative estimate of drug-likeness (QED) is 0.569. The Morgan fingerprint density at radius 2 is 1.96 bits per heavy atom. The molecular weight excluding hydrogens is 304 g/mol. The van der Waals surface area contributed by atoms with Crippen LogP contribution >= 0.6 is 0 Å². The molecule has 0 spiro atoms. The maximum Gasteiger partial charge on any atom is 0.334 e. The van der Waals surface area contributed by atoms with Crippen molar-refractivity contribution in [3.05, 3.63) is 35.5 Å². The van der Waals surface area contributed by atoms with Crippen molar-refractivity contribution in [1.82, 2.24) is 0 Å². The highest BCUT2D eigenvalue weighted by atomic mass is 16.5. The molecule has 0 saturated heterocycles. The molecule has 2 bridgehead atoms. The average molecular weight is 334 g/mol. The number of carbonyl (C=O) groups excluding carboxylic acids is 1. The lowest BCUT2D eigenvalue weighted by molar-refractivity contribution is -0.139. The fraction of sp³-hybridized carbons (Fsp3) is 0.650. The minimum Gasteiger partial charge on any atom is -0.454 e. The van der Waals surface area contributed by atoms with Gasteiger partial charge in [0.15, 0.2) is 0 Å². The van der Waals surface area contributed by atoms with Crippen LogP contribution in [0.15, 0.2) is 35.5 Å². The molecule has 1 aliphatic heterocycles. The number of hydrogen-bond donors (Lipinski definition) is 2. The van der Waals surface area contributed by atoms with Crippen molar-refractivity contribution in [3.8, 4) is 0 Å². The van der Waals surface area contributed by atoms with Crippen LogP contribution in [-0.4, -0.2) is 33.5 Å². The van der Waals surface area contributed by atoms with Gasteiger partial charge in [-0.3, -0.25) is 0 Å². The summed E-state index contributed by atoms with van der Waals surface area (Å²) in [4.78, 5) is 12.0. The topological polar surface area (TPSA) is 66.8 Å². The minimum atomic E-state index is -1.06. The Bertz CT molecular complexity index is 568. The molecule has 0 fully saturated rings. The Kier molecular flexibility index (Phi) is 5.71. The molecule has 4 heteroatoms. The van der Waals surface area contributed by atoms with Gasteiger partial charge in [-0.05, 0) is 51.5 Å². The van der Waals surface area contributed by atoms with Crippen LogP contribution in [0.1, 0.15) is 59.8 Å². The van der Waals surface area contributed by atoms with E-state index in [9.17, 15) is 15.0 Å². The van der Waals surface area contributed by atoms with Gasteiger partial charge in [0.2, 0.25) is 0 Å². The summed E-state index contributed by atoms with van der Waals surface area (Å²) in [6.07, 6.45) is 10.1. The van der Waals surface area contributed by atoms with Crippen molar-refractivity contribution in [2.45, 2.75) is 77.1 Å².